The minimum Gasteiger partial charge on any atom is -0.382 e. The van der Waals surface area contributed by atoms with E-state index in [9.17, 15) is 0 Å². The van der Waals surface area contributed by atoms with Crippen molar-refractivity contribution in [3.63, 3.8) is 0 Å². The standard InChI is InChI=1S/C15H25NO/c1-3-9-15(14-10-6-5-7-11-14)16-12-8-13-17-4-2/h5-7,10-11,15-16H,3-4,8-9,12-13H2,1-2H3. The minimum atomic E-state index is 0.489. The molecule has 1 aromatic rings. The number of rotatable bonds is 9. The molecule has 1 N–H and O–H groups in total. The van der Waals surface area contributed by atoms with Gasteiger partial charge >= 0.3 is 0 Å². The van der Waals surface area contributed by atoms with Gasteiger partial charge in [-0.25, -0.2) is 0 Å². The van der Waals surface area contributed by atoms with Crippen molar-refractivity contribution in [1.29, 1.82) is 0 Å². The number of hydrogen-bond donors (Lipinski definition) is 1. The van der Waals surface area contributed by atoms with Gasteiger partial charge in [-0.1, -0.05) is 43.7 Å². The zero-order valence-corrected chi connectivity index (χ0v) is 11.1. The number of hydrogen-bond acceptors (Lipinski definition) is 2. The molecule has 0 radical (unpaired) electrons. The van der Waals surface area contributed by atoms with Gasteiger partial charge < -0.3 is 10.1 Å². The molecule has 0 heterocycles. The Balaban J connectivity index is 2.33. The Labute approximate surface area is 105 Å². The van der Waals surface area contributed by atoms with Crippen LogP contribution in [0, 0.1) is 0 Å². The Kier molecular flexibility index (Phi) is 7.69. The maximum Gasteiger partial charge on any atom is 0.0477 e. The van der Waals surface area contributed by atoms with Crippen molar-refractivity contribution in [3.05, 3.63) is 35.9 Å². The summed E-state index contributed by atoms with van der Waals surface area (Å²) in [6.45, 7) is 6.98. The molecule has 0 bridgehead atoms. The molecule has 2 nitrogen and oxygen atoms in total. The second-order valence-corrected chi connectivity index (χ2v) is 4.26. The largest absolute Gasteiger partial charge is 0.382 e. The van der Waals surface area contributed by atoms with Crippen LogP contribution in [0.2, 0.25) is 0 Å². The van der Waals surface area contributed by atoms with Crippen LogP contribution in [0.3, 0.4) is 0 Å². The first-order valence-corrected chi connectivity index (χ1v) is 6.74. The van der Waals surface area contributed by atoms with E-state index in [0.29, 0.717) is 6.04 Å². The average Bonchev–Trinajstić information content (AvgIpc) is 2.38. The topological polar surface area (TPSA) is 21.3 Å². The maximum absolute atomic E-state index is 5.34. The lowest BCUT2D eigenvalue weighted by molar-refractivity contribution is 0.144. The van der Waals surface area contributed by atoms with E-state index in [1.54, 1.807) is 0 Å². The molecule has 0 amide bonds. The fourth-order valence-electron chi connectivity index (χ4n) is 1.96. The molecule has 96 valence electrons. The molecule has 0 aromatic heterocycles. The summed E-state index contributed by atoms with van der Waals surface area (Å²) in [7, 11) is 0. The van der Waals surface area contributed by atoms with Gasteiger partial charge in [-0.2, -0.15) is 0 Å². The van der Waals surface area contributed by atoms with Crippen molar-refractivity contribution in [3.8, 4) is 0 Å². The summed E-state index contributed by atoms with van der Waals surface area (Å²) in [6, 6.07) is 11.2. The van der Waals surface area contributed by atoms with E-state index >= 15 is 0 Å². The molecule has 0 saturated heterocycles. The second kappa shape index (κ2) is 9.20. The summed E-state index contributed by atoms with van der Waals surface area (Å²) in [6.07, 6.45) is 3.48. The Hall–Kier alpha value is -0.860. The average molecular weight is 235 g/mol. The third-order valence-electron chi connectivity index (χ3n) is 2.84. The molecular weight excluding hydrogens is 210 g/mol. The van der Waals surface area contributed by atoms with Gasteiger partial charge in [0.25, 0.3) is 0 Å². The molecule has 1 aromatic carbocycles. The highest BCUT2D eigenvalue weighted by atomic mass is 16.5. The van der Waals surface area contributed by atoms with Crippen molar-refractivity contribution in [2.24, 2.45) is 0 Å². The van der Waals surface area contributed by atoms with Crippen LogP contribution in [0.1, 0.15) is 44.7 Å². The van der Waals surface area contributed by atoms with Crippen LogP contribution >= 0.6 is 0 Å². The van der Waals surface area contributed by atoms with Crippen molar-refractivity contribution in [2.45, 2.75) is 39.2 Å². The zero-order chi connectivity index (χ0) is 12.3. The highest BCUT2D eigenvalue weighted by molar-refractivity contribution is 5.18. The van der Waals surface area contributed by atoms with Gasteiger partial charge in [0.15, 0.2) is 0 Å². The third kappa shape index (κ3) is 5.85. The molecule has 0 aliphatic carbocycles. The fraction of sp³-hybridized carbons (Fsp3) is 0.600. The van der Waals surface area contributed by atoms with Crippen LogP contribution in [-0.2, 0) is 4.74 Å². The van der Waals surface area contributed by atoms with Gasteiger partial charge in [-0.3, -0.25) is 0 Å². The third-order valence-corrected chi connectivity index (χ3v) is 2.84. The molecule has 1 atom stereocenters. The van der Waals surface area contributed by atoms with Gasteiger partial charge in [0.05, 0.1) is 0 Å². The lowest BCUT2D eigenvalue weighted by atomic mass is 10.0. The van der Waals surface area contributed by atoms with E-state index in [2.05, 4.69) is 42.6 Å². The Morgan fingerprint density at radius 3 is 2.59 bits per heavy atom. The molecule has 1 rings (SSSR count). The minimum absolute atomic E-state index is 0.489. The summed E-state index contributed by atoms with van der Waals surface area (Å²) in [5, 5.41) is 3.62. The Bertz CT molecular complexity index is 274. The van der Waals surface area contributed by atoms with Crippen LogP contribution in [0.15, 0.2) is 30.3 Å². The summed E-state index contributed by atoms with van der Waals surface area (Å²) in [5.74, 6) is 0. The second-order valence-electron chi connectivity index (χ2n) is 4.26. The normalized spacial score (nSPS) is 12.6. The lowest BCUT2D eigenvalue weighted by Gasteiger charge is -2.18. The van der Waals surface area contributed by atoms with Gasteiger partial charge in [0, 0.05) is 19.3 Å². The number of ether oxygens (including phenoxy) is 1. The summed E-state index contributed by atoms with van der Waals surface area (Å²) < 4.78 is 5.34. The van der Waals surface area contributed by atoms with Crippen LogP contribution in [0.5, 0.6) is 0 Å². The van der Waals surface area contributed by atoms with E-state index < -0.39 is 0 Å². The van der Waals surface area contributed by atoms with Crippen LogP contribution in [0.25, 0.3) is 0 Å². The molecule has 0 spiro atoms. The van der Waals surface area contributed by atoms with Crippen LogP contribution in [0.4, 0.5) is 0 Å². The smallest absolute Gasteiger partial charge is 0.0477 e. The van der Waals surface area contributed by atoms with Crippen LogP contribution < -0.4 is 5.32 Å². The Morgan fingerprint density at radius 2 is 1.94 bits per heavy atom. The zero-order valence-electron chi connectivity index (χ0n) is 11.1. The molecule has 0 aliphatic rings. The highest BCUT2D eigenvalue weighted by Crippen LogP contribution is 2.17. The molecule has 0 saturated carbocycles. The van der Waals surface area contributed by atoms with Gasteiger partial charge in [0.2, 0.25) is 0 Å². The molecule has 0 aliphatic heterocycles. The quantitative estimate of drug-likeness (QED) is 0.661. The van der Waals surface area contributed by atoms with Gasteiger partial charge in [-0.05, 0) is 31.9 Å². The number of nitrogens with one attached hydrogen (secondary N) is 1. The molecule has 2 heteroatoms. The predicted molar refractivity (Wildman–Crippen MR) is 73.2 cm³/mol. The van der Waals surface area contributed by atoms with Crippen LogP contribution in [-0.4, -0.2) is 19.8 Å². The molecule has 17 heavy (non-hydrogen) atoms. The first-order valence-electron chi connectivity index (χ1n) is 6.74. The summed E-state index contributed by atoms with van der Waals surface area (Å²) in [5.41, 5.74) is 1.39. The van der Waals surface area contributed by atoms with Crippen molar-refractivity contribution < 1.29 is 4.74 Å². The number of benzene rings is 1. The predicted octanol–water partition coefficient (Wildman–Crippen LogP) is 3.54. The van der Waals surface area contributed by atoms with E-state index in [4.69, 9.17) is 4.74 Å². The van der Waals surface area contributed by atoms with Gasteiger partial charge in [-0.15, -0.1) is 0 Å². The Morgan fingerprint density at radius 1 is 1.18 bits per heavy atom. The molecular formula is C15H25NO. The molecule has 0 fully saturated rings. The van der Waals surface area contributed by atoms with E-state index in [-0.39, 0.29) is 0 Å². The first kappa shape index (κ1) is 14.2. The SMILES string of the molecule is CCCC(NCCCOCC)c1ccccc1. The van der Waals surface area contributed by atoms with Crippen molar-refractivity contribution in [2.75, 3.05) is 19.8 Å². The van der Waals surface area contributed by atoms with Crippen molar-refractivity contribution >= 4 is 0 Å². The summed E-state index contributed by atoms with van der Waals surface area (Å²) in [4.78, 5) is 0. The maximum atomic E-state index is 5.34. The van der Waals surface area contributed by atoms with Gasteiger partial charge in [0.1, 0.15) is 0 Å². The van der Waals surface area contributed by atoms with Crippen molar-refractivity contribution in [1.82, 2.24) is 5.32 Å². The monoisotopic (exact) mass is 235 g/mol. The lowest BCUT2D eigenvalue weighted by Crippen LogP contribution is -2.23. The highest BCUT2D eigenvalue weighted by Gasteiger charge is 2.08. The van der Waals surface area contributed by atoms with E-state index in [1.165, 1.54) is 18.4 Å². The van der Waals surface area contributed by atoms with E-state index in [0.717, 1.165) is 26.2 Å². The fourth-order valence-corrected chi connectivity index (χ4v) is 1.96. The first-order chi connectivity index (χ1) is 8.38. The molecule has 1 unspecified atom stereocenters. The van der Waals surface area contributed by atoms with E-state index in [1.807, 2.05) is 6.92 Å². The summed E-state index contributed by atoms with van der Waals surface area (Å²) >= 11 is 0.